The first-order valence-corrected chi connectivity index (χ1v) is 9.68. The third kappa shape index (κ3) is 3.92. The summed E-state index contributed by atoms with van der Waals surface area (Å²) in [6, 6.07) is 23.6. The topological polar surface area (TPSA) is 59.3 Å². The Hall–Kier alpha value is -3.51. The molecule has 4 aromatic rings. The number of hydrogen-bond acceptors (Lipinski definition) is 4. The summed E-state index contributed by atoms with van der Waals surface area (Å²) in [5, 5.41) is 10.5. The molecule has 28 heavy (non-hydrogen) atoms. The second-order valence-corrected chi connectivity index (χ2v) is 7.22. The van der Waals surface area contributed by atoms with E-state index in [1.54, 1.807) is 28.3 Å². The van der Waals surface area contributed by atoms with Crippen LogP contribution in [0.3, 0.4) is 0 Å². The van der Waals surface area contributed by atoms with Crippen LogP contribution in [0.25, 0.3) is 16.9 Å². The third-order valence-electron chi connectivity index (χ3n) is 4.19. The Morgan fingerprint density at radius 3 is 2.57 bits per heavy atom. The molecule has 5 nitrogen and oxygen atoms in total. The molecular formula is C22H18N4OS. The highest BCUT2D eigenvalue weighted by Crippen LogP contribution is 2.24. The maximum Gasteiger partial charge on any atom is 0.291 e. The Kier molecular flexibility index (Phi) is 5.12. The molecule has 2 heterocycles. The van der Waals surface area contributed by atoms with Crippen molar-refractivity contribution >= 4 is 23.5 Å². The van der Waals surface area contributed by atoms with Crippen molar-refractivity contribution in [3.05, 3.63) is 94.3 Å². The molecule has 1 amide bonds. The zero-order chi connectivity index (χ0) is 19.3. The number of nitrogens with zero attached hydrogens (tertiary/aromatic N) is 3. The average molecular weight is 386 g/mol. The highest BCUT2D eigenvalue weighted by atomic mass is 32.1. The summed E-state index contributed by atoms with van der Waals surface area (Å²) in [5.41, 5.74) is 6.76. The summed E-state index contributed by atoms with van der Waals surface area (Å²) >= 11 is 1.55. The van der Waals surface area contributed by atoms with Gasteiger partial charge in [-0.25, -0.2) is 10.1 Å². The summed E-state index contributed by atoms with van der Waals surface area (Å²) in [6.45, 7) is 2.04. The molecule has 138 valence electrons. The number of aromatic nitrogens is 2. The van der Waals surface area contributed by atoms with Crippen LogP contribution in [-0.2, 0) is 0 Å². The molecule has 0 unspecified atom stereocenters. The van der Waals surface area contributed by atoms with Crippen molar-refractivity contribution in [2.24, 2.45) is 5.10 Å². The number of carbonyl (C=O) groups excluding carboxylic acids is 1. The minimum absolute atomic E-state index is 0.308. The van der Waals surface area contributed by atoms with Gasteiger partial charge in [-0.2, -0.15) is 10.2 Å². The molecule has 6 heteroatoms. The van der Waals surface area contributed by atoms with E-state index in [1.165, 1.54) is 5.56 Å². The van der Waals surface area contributed by atoms with Crippen LogP contribution in [0, 0.1) is 6.92 Å². The summed E-state index contributed by atoms with van der Waals surface area (Å²) in [4.78, 5) is 13.5. The molecule has 0 bridgehead atoms. The van der Waals surface area contributed by atoms with Gasteiger partial charge in [0.2, 0.25) is 0 Å². The van der Waals surface area contributed by atoms with E-state index in [0.717, 1.165) is 21.8 Å². The largest absolute Gasteiger partial charge is 0.291 e. The van der Waals surface area contributed by atoms with Crippen LogP contribution < -0.4 is 5.43 Å². The van der Waals surface area contributed by atoms with E-state index >= 15 is 0 Å². The zero-order valence-corrected chi connectivity index (χ0v) is 16.1. The molecule has 0 atom stereocenters. The molecule has 0 spiro atoms. The van der Waals surface area contributed by atoms with E-state index in [9.17, 15) is 4.79 Å². The van der Waals surface area contributed by atoms with Gasteiger partial charge in [-0.3, -0.25) is 4.79 Å². The van der Waals surface area contributed by atoms with Crippen molar-refractivity contribution in [3.63, 3.8) is 0 Å². The van der Waals surface area contributed by atoms with E-state index < -0.39 is 0 Å². The molecule has 0 saturated carbocycles. The van der Waals surface area contributed by atoms with Gasteiger partial charge in [0.1, 0.15) is 0 Å². The monoisotopic (exact) mass is 386 g/mol. The number of benzene rings is 2. The molecule has 0 radical (unpaired) electrons. The first-order chi connectivity index (χ1) is 13.7. The molecule has 1 N–H and O–H groups in total. The molecule has 4 rings (SSSR count). The van der Waals surface area contributed by atoms with Crippen LogP contribution in [0.1, 0.15) is 20.9 Å². The summed E-state index contributed by atoms with van der Waals surface area (Å²) in [7, 11) is 0. The van der Waals surface area contributed by atoms with Gasteiger partial charge in [0, 0.05) is 10.4 Å². The van der Waals surface area contributed by atoms with Crippen molar-refractivity contribution in [2.75, 3.05) is 0 Å². The molecule has 0 fully saturated rings. The first-order valence-electron chi connectivity index (χ1n) is 8.80. The Morgan fingerprint density at radius 1 is 1.07 bits per heavy atom. The van der Waals surface area contributed by atoms with Crippen LogP contribution in [0.4, 0.5) is 0 Å². The standard InChI is InChI=1S/C22H18N4OS/c1-16-9-11-17(12-10-16)21-14-20(25-26(21)18-6-3-2-4-7-18)22(27)24-23-15-19-8-5-13-28-19/h2-15H,1H3,(H,24,27)/b23-15-. The molecular weight excluding hydrogens is 368 g/mol. The van der Waals surface area contributed by atoms with Crippen LogP contribution >= 0.6 is 11.3 Å². The number of hydrogen-bond donors (Lipinski definition) is 1. The van der Waals surface area contributed by atoms with Gasteiger partial charge in [-0.05, 0) is 36.6 Å². The van der Waals surface area contributed by atoms with Gasteiger partial charge in [0.25, 0.3) is 5.91 Å². The van der Waals surface area contributed by atoms with Crippen molar-refractivity contribution in [1.82, 2.24) is 15.2 Å². The Morgan fingerprint density at radius 2 is 1.86 bits per heavy atom. The minimum Gasteiger partial charge on any atom is -0.265 e. The Labute approximate surface area is 167 Å². The van der Waals surface area contributed by atoms with Gasteiger partial charge in [-0.1, -0.05) is 54.1 Å². The second kappa shape index (κ2) is 8.02. The van der Waals surface area contributed by atoms with Crippen LogP contribution in [0.5, 0.6) is 0 Å². The number of para-hydroxylation sites is 1. The van der Waals surface area contributed by atoms with Crippen molar-refractivity contribution in [2.45, 2.75) is 6.92 Å². The van der Waals surface area contributed by atoms with Gasteiger partial charge in [-0.15, -0.1) is 11.3 Å². The zero-order valence-electron chi connectivity index (χ0n) is 15.2. The lowest BCUT2D eigenvalue weighted by Gasteiger charge is -2.07. The van der Waals surface area contributed by atoms with Gasteiger partial charge in [0.05, 0.1) is 17.6 Å². The lowest BCUT2D eigenvalue weighted by atomic mass is 10.1. The van der Waals surface area contributed by atoms with Crippen LogP contribution in [0.2, 0.25) is 0 Å². The second-order valence-electron chi connectivity index (χ2n) is 6.24. The Bertz CT molecular complexity index is 1100. The molecule has 2 aromatic carbocycles. The van der Waals surface area contributed by atoms with Gasteiger partial charge in [0.15, 0.2) is 5.69 Å². The highest BCUT2D eigenvalue weighted by Gasteiger charge is 2.16. The molecule has 0 aliphatic heterocycles. The van der Waals surface area contributed by atoms with Crippen molar-refractivity contribution in [1.29, 1.82) is 0 Å². The quantitative estimate of drug-likeness (QED) is 0.400. The summed E-state index contributed by atoms with van der Waals surface area (Å²) in [5.74, 6) is -0.351. The Balaban J connectivity index is 1.66. The fraction of sp³-hybridized carbons (Fsp3) is 0.0455. The number of amides is 1. The van der Waals surface area contributed by atoms with E-state index in [2.05, 4.69) is 15.6 Å². The molecule has 0 aliphatic rings. The predicted molar refractivity (Wildman–Crippen MR) is 113 cm³/mol. The highest BCUT2D eigenvalue weighted by molar-refractivity contribution is 7.11. The molecule has 0 aliphatic carbocycles. The summed E-state index contributed by atoms with van der Waals surface area (Å²) in [6.07, 6.45) is 1.62. The minimum atomic E-state index is -0.351. The number of nitrogens with one attached hydrogen (secondary N) is 1. The van der Waals surface area contributed by atoms with Gasteiger partial charge >= 0.3 is 0 Å². The first kappa shape index (κ1) is 17.9. The third-order valence-corrected chi connectivity index (χ3v) is 5.00. The normalized spacial score (nSPS) is 11.0. The molecule has 2 aromatic heterocycles. The number of aryl methyl sites for hydroxylation is 1. The molecule has 0 saturated heterocycles. The number of rotatable bonds is 5. The van der Waals surface area contributed by atoms with Crippen molar-refractivity contribution in [3.8, 4) is 16.9 Å². The number of carbonyl (C=O) groups is 1. The van der Waals surface area contributed by atoms with Crippen molar-refractivity contribution < 1.29 is 4.79 Å². The van der Waals surface area contributed by atoms with E-state index in [1.807, 2.05) is 79.0 Å². The number of hydrazone groups is 1. The lowest BCUT2D eigenvalue weighted by molar-refractivity contribution is 0.0949. The maximum absolute atomic E-state index is 12.6. The van der Waals surface area contributed by atoms with E-state index in [4.69, 9.17) is 0 Å². The smallest absolute Gasteiger partial charge is 0.265 e. The van der Waals surface area contributed by atoms with Gasteiger partial charge < -0.3 is 0 Å². The van der Waals surface area contributed by atoms with E-state index in [0.29, 0.717) is 5.69 Å². The lowest BCUT2D eigenvalue weighted by Crippen LogP contribution is -2.18. The fourth-order valence-electron chi connectivity index (χ4n) is 2.76. The maximum atomic E-state index is 12.6. The fourth-order valence-corrected chi connectivity index (χ4v) is 3.35. The SMILES string of the molecule is Cc1ccc(-c2cc(C(=O)N/N=C\c3cccs3)nn2-c2ccccc2)cc1. The average Bonchev–Trinajstić information content (AvgIpc) is 3.39. The van der Waals surface area contributed by atoms with E-state index in [-0.39, 0.29) is 5.91 Å². The number of thiophene rings is 1. The van der Waals surface area contributed by atoms with Crippen LogP contribution in [-0.4, -0.2) is 21.9 Å². The van der Waals surface area contributed by atoms with Crippen LogP contribution in [0.15, 0.2) is 83.3 Å². The summed E-state index contributed by atoms with van der Waals surface area (Å²) < 4.78 is 1.78. The predicted octanol–water partition coefficient (Wildman–Crippen LogP) is 4.67.